The van der Waals surface area contributed by atoms with Crippen LogP contribution in [0.1, 0.15) is 25.7 Å². The summed E-state index contributed by atoms with van der Waals surface area (Å²) in [6, 6.07) is 0. The smallest absolute Gasteiger partial charge is 0.0688 e. The molecule has 1 aliphatic rings. The molecule has 1 fully saturated rings. The van der Waals surface area contributed by atoms with Crippen molar-refractivity contribution in [3.8, 4) is 0 Å². The maximum Gasteiger partial charge on any atom is 0.0688 e. The van der Waals surface area contributed by atoms with Crippen molar-refractivity contribution in [2.24, 2.45) is 0 Å². The van der Waals surface area contributed by atoms with Crippen LogP contribution in [0.2, 0.25) is 0 Å². The Bertz CT molecular complexity index is 85.0. The second-order valence-electron chi connectivity index (χ2n) is 2.57. The Hall–Kier alpha value is 0.690. The van der Waals surface area contributed by atoms with Crippen molar-refractivity contribution in [3.05, 3.63) is 0 Å². The molecular weight excluding hydrogens is 227 g/mol. The van der Waals surface area contributed by atoms with E-state index in [1.54, 1.807) is 0 Å². The van der Waals surface area contributed by atoms with Gasteiger partial charge in [-0.2, -0.15) is 0 Å². The van der Waals surface area contributed by atoms with E-state index in [1.165, 1.54) is 25.7 Å². The molecule has 1 aliphatic carbocycles. The molecule has 2 unspecified atom stereocenters. The molecule has 1 rings (SSSR count). The zero-order valence-corrected chi connectivity index (χ0v) is 7.93. The van der Waals surface area contributed by atoms with Crippen LogP contribution < -0.4 is 0 Å². The van der Waals surface area contributed by atoms with E-state index < -0.39 is 0 Å². The minimum atomic E-state index is 0.541. The summed E-state index contributed by atoms with van der Waals surface area (Å²) in [5, 5.41) is 0. The van der Waals surface area contributed by atoms with Crippen LogP contribution in [0.25, 0.3) is 0 Å². The topological polar surface area (TPSA) is 9.23 Å². The average molecular weight is 240 g/mol. The number of hydrogen-bond donors (Lipinski definition) is 0. The monoisotopic (exact) mass is 240 g/mol. The summed E-state index contributed by atoms with van der Waals surface area (Å²) >= 11 is 2.49. The Morgan fingerprint density at radius 3 is 2.44 bits per heavy atom. The molecule has 2 heteroatoms. The second kappa shape index (κ2) is 3.76. The summed E-state index contributed by atoms with van der Waals surface area (Å²) in [6.07, 6.45) is 5.91. The van der Waals surface area contributed by atoms with Gasteiger partial charge in [-0.25, -0.2) is 0 Å². The Kier molecular flexibility index (Phi) is 3.26. The van der Waals surface area contributed by atoms with E-state index in [-0.39, 0.29) is 0 Å². The van der Waals surface area contributed by atoms with Gasteiger partial charge in [0.25, 0.3) is 0 Å². The highest BCUT2D eigenvalue weighted by Crippen LogP contribution is 2.26. The van der Waals surface area contributed by atoms with Crippen LogP contribution >= 0.6 is 22.6 Å². The molecule has 0 bridgehead atoms. The molecule has 0 radical (unpaired) electrons. The van der Waals surface area contributed by atoms with Crippen molar-refractivity contribution in [1.29, 1.82) is 0 Å². The van der Waals surface area contributed by atoms with E-state index in [0.29, 0.717) is 6.10 Å². The zero-order chi connectivity index (χ0) is 6.69. The third-order valence-electron chi connectivity index (χ3n) is 1.92. The predicted molar refractivity (Wildman–Crippen MR) is 47.1 cm³/mol. The van der Waals surface area contributed by atoms with Gasteiger partial charge in [0.15, 0.2) is 0 Å². The van der Waals surface area contributed by atoms with Gasteiger partial charge in [0, 0.05) is 11.0 Å². The van der Waals surface area contributed by atoms with Crippen LogP contribution in [0.4, 0.5) is 0 Å². The molecule has 2 atom stereocenters. The summed E-state index contributed by atoms with van der Waals surface area (Å²) in [7, 11) is 1.82. The highest BCUT2D eigenvalue weighted by molar-refractivity contribution is 14.1. The predicted octanol–water partition coefficient (Wildman–Crippen LogP) is 2.38. The Labute approximate surface area is 70.3 Å². The molecule has 0 spiro atoms. The van der Waals surface area contributed by atoms with Crippen molar-refractivity contribution in [1.82, 2.24) is 0 Å². The van der Waals surface area contributed by atoms with Crippen molar-refractivity contribution in [3.63, 3.8) is 0 Å². The lowest BCUT2D eigenvalue weighted by Gasteiger charge is -2.25. The number of halogens is 1. The van der Waals surface area contributed by atoms with E-state index in [2.05, 4.69) is 22.6 Å². The summed E-state index contributed by atoms with van der Waals surface area (Å²) in [4.78, 5) is 0. The quantitative estimate of drug-likeness (QED) is 0.505. The van der Waals surface area contributed by atoms with Gasteiger partial charge in [-0.1, -0.05) is 35.4 Å². The Balaban J connectivity index is 2.30. The first-order chi connectivity index (χ1) is 4.34. The first-order valence-corrected chi connectivity index (χ1v) is 4.76. The molecule has 1 nitrogen and oxygen atoms in total. The normalized spacial score (nSPS) is 36.7. The van der Waals surface area contributed by atoms with Crippen molar-refractivity contribution in [2.45, 2.75) is 35.7 Å². The van der Waals surface area contributed by atoms with Crippen molar-refractivity contribution >= 4 is 22.6 Å². The first kappa shape index (κ1) is 7.79. The van der Waals surface area contributed by atoms with Crippen LogP contribution in [-0.4, -0.2) is 17.1 Å². The number of ether oxygens (including phenoxy) is 1. The molecular formula is C7H13IO. The van der Waals surface area contributed by atoms with Gasteiger partial charge in [0.2, 0.25) is 0 Å². The molecule has 0 aromatic heterocycles. The van der Waals surface area contributed by atoms with Crippen LogP contribution in [0, 0.1) is 0 Å². The summed E-state index contributed by atoms with van der Waals surface area (Å²) in [6.45, 7) is 0. The molecule has 0 aliphatic heterocycles. The minimum Gasteiger partial charge on any atom is -0.380 e. The van der Waals surface area contributed by atoms with Crippen LogP contribution in [-0.2, 0) is 4.74 Å². The molecule has 0 aromatic carbocycles. The van der Waals surface area contributed by atoms with E-state index >= 15 is 0 Å². The maximum absolute atomic E-state index is 5.30. The first-order valence-electron chi connectivity index (χ1n) is 3.51. The fraction of sp³-hybridized carbons (Fsp3) is 1.00. The van der Waals surface area contributed by atoms with Gasteiger partial charge in [-0.3, -0.25) is 0 Å². The summed E-state index contributed by atoms with van der Waals surface area (Å²) < 4.78 is 6.06. The summed E-state index contributed by atoms with van der Waals surface area (Å²) in [5.74, 6) is 0. The van der Waals surface area contributed by atoms with E-state index in [9.17, 15) is 0 Å². The highest BCUT2D eigenvalue weighted by Gasteiger charge is 2.21. The lowest BCUT2D eigenvalue weighted by molar-refractivity contribution is 0.0804. The van der Waals surface area contributed by atoms with E-state index in [1.807, 2.05) is 7.11 Å². The van der Waals surface area contributed by atoms with Gasteiger partial charge >= 0.3 is 0 Å². The average Bonchev–Trinajstić information content (AvgIpc) is 1.89. The van der Waals surface area contributed by atoms with Crippen molar-refractivity contribution in [2.75, 3.05) is 7.11 Å². The number of methoxy groups -OCH3 is 1. The van der Waals surface area contributed by atoms with Gasteiger partial charge < -0.3 is 4.74 Å². The zero-order valence-electron chi connectivity index (χ0n) is 5.77. The van der Waals surface area contributed by atoms with Crippen LogP contribution in [0.3, 0.4) is 0 Å². The molecule has 0 saturated heterocycles. The lowest BCUT2D eigenvalue weighted by Crippen LogP contribution is -2.26. The highest BCUT2D eigenvalue weighted by atomic mass is 127. The second-order valence-corrected chi connectivity index (χ2v) is 4.17. The number of alkyl halides is 1. The van der Waals surface area contributed by atoms with Gasteiger partial charge in [0.05, 0.1) is 6.10 Å². The minimum absolute atomic E-state index is 0.541. The SMILES string of the molecule is COC1CCCCC1I. The number of rotatable bonds is 1. The Morgan fingerprint density at radius 1 is 1.33 bits per heavy atom. The third kappa shape index (κ3) is 2.08. The lowest BCUT2D eigenvalue weighted by atomic mass is 9.98. The molecule has 54 valence electrons. The van der Waals surface area contributed by atoms with Crippen LogP contribution in [0.15, 0.2) is 0 Å². The largest absolute Gasteiger partial charge is 0.380 e. The maximum atomic E-state index is 5.30. The third-order valence-corrected chi connectivity index (χ3v) is 3.35. The van der Waals surface area contributed by atoms with Gasteiger partial charge in [-0.05, 0) is 12.8 Å². The van der Waals surface area contributed by atoms with Crippen LogP contribution in [0.5, 0.6) is 0 Å². The Morgan fingerprint density at radius 2 is 2.00 bits per heavy atom. The molecule has 0 heterocycles. The fourth-order valence-electron chi connectivity index (χ4n) is 1.32. The standard InChI is InChI=1S/C7H13IO/c1-9-7-5-3-2-4-6(7)8/h6-7H,2-5H2,1H3. The van der Waals surface area contributed by atoms with Gasteiger partial charge in [-0.15, -0.1) is 0 Å². The van der Waals surface area contributed by atoms with E-state index in [4.69, 9.17) is 4.74 Å². The molecule has 0 amide bonds. The molecule has 1 saturated carbocycles. The fourth-order valence-corrected chi connectivity index (χ4v) is 2.41. The van der Waals surface area contributed by atoms with E-state index in [0.717, 1.165) is 3.92 Å². The molecule has 0 aromatic rings. The summed E-state index contributed by atoms with van der Waals surface area (Å²) in [5.41, 5.74) is 0. The van der Waals surface area contributed by atoms with Gasteiger partial charge in [0.1, 0.15) is 0 Å². The van der Waals surface area contributed by atoms with Crippen molar-refractivity contribution < 1.29 is 4.74 Å². The molecule has 9 heavy (non-hydrogen) atoms. The number of hydrogen-bond acceptors (Lipinski definition) is 1. The molecule has 0 N–H and O–H groups in total.